The van der Waals surface area contributed by atoms with Crippen LogP contribution in [0.2, 0.25) is 0 Å². The Kier molecular flexibility index (Phi) is 3.50. The van der Waals surface area contributed by atoms with E-state index in [1.54, 1.807) is 6.20 Å². The van der Waals surface area contributed by atoms with Crippen LogP contribution in [0.4, 0.5) is 5.69 Å². The lowest BCUT2D eigenvalue weighted by Gasteiger charge is -2.23. The van der Waals surface area contributed by atoms with Crippen molar-refractivity contribution in [2.24, 2.45) is 0 Å². The third-order valence-corrected chi connectivity index (χ3v) is 4.76. The van der Waals surface area contributed by atoms with Gasteiger partial charge in [0.1, 0.15) is 9.71 Å². The third-order valence-electron chi connectivity index (χ3n) is 3.64. The van der Waals surface area contributed by atoms with Crippen LogP contribution in [-0.4, -0.2) is 29.4 Å². The number of thiophene rings is 1. The molecule has 7 heteroatoms. The number of pyridine rings is 1. The highest BCUT2D eigenvalue weighted by Gasteiger charge is 2.23. The van der Waals surface area contributed by atoms with Gasteiger partial charge in [-0.25, -0.2) is 4.98 Å². The Morgan fingerprint density at radius 3 is 3.05 bits per heavy atom. The van der Waals surface area contributed by atoms with Gasteiger partial charge in [-0.2, -0.15) is 0 Å². The Morgan fingerprint density at radius 2 is 2.38 bits per heavy atom. The fourth-order valence-corrected chi connectivity index (χ4v) is 3.52. The number of piperidine rings is 1. The molecule has 3 heterocycles. The first-order valence-electron chi connectivity index (χ1n) is 6.77. The monoisotopic (exact) mass is 304 g/mol. The summed E-state index contributed by atoms with van der Waals surface area (Å²) in [6.07, 6.45) is 2.80. The summed E-state index contributed by atoms with van der Waals surface area (Å²) in [5.74, 6) is -0.169. The fourth-order valence-electron chi connectivity index (χ4n) is 2.48. The summed E-state index contributed by atoms with van der Waals surface area (Å²) in [7, 11) is 0. The minimum absolute atomic E-state index is 0.0294. The molecule has 2 aromatic heterocycles. The molecule has 0 aromatic carbocycles. The minimum Gasteiger partial charge on any atom is -0.397 e. The van der Waals surface area contributed by atoms with Gasteiger partial charge in [0.25, 0.3) is 5.91 Å². The molecule has 1 fully saturated rings. The number of nitrogens with two attached hydrogens (primary N) is 1. The Hall–Kier alpha value is -2.15. The first kappa shape index (κ1) is 13.8. The first-order valence-corrected chi connectivity index (χ1v) is 7.59. The molecule has 2 amide bonds. The number of nitrogens with zero attached hydrogens (tertiary/aromatic N) is 1. The highest BCUT2D eigenvalue weighted by atomic mass is 32.1. The molecule has 1 unspecified atom stereocenters. The predicted octanol–water partition coefficient (Wildman–Crippen LogP) is 1.20. The molecule has 21 heavy (non-hydrogen) atoms. The summed E-state index contributed by atoms with van der Waals surface area (Å²) in [6, 6.07) is 1.83. The number of nitrogens with one attached hydrogen (secondary N) is 2. The lowest BCUT2D eigenvalue weighted by molar-refractivity contribution is -0.122. The second kappa shape index (κ2) is 5.33. The van der Waals surface area contributed by atoms with Crippen molar-refractivity contribution < 1.29 is 9.59 Å². The van der Waals surface area contributed by atoms with Crippen LogP contribution in [0, 0.1) is 6.92 Å². The quantitative estimate of drug-likeness (QED) is 0.776. The summed E-state index contributed by atoms with van der Waals surface area (Å²) in [6.45, 7) is 2.41. The number of amides is 2. The van der Waals surface area contributed by atoms with E-state index >= 15 is 0 Å². The molecule has 1 aliphatic rings. The van der Waals surface area contributed by atoms with Crippen molar-refractivity contribution >= 4 is 39.1 Å². The molecule has 0 spiro atoms. The van der Waals surface area contributed by atoms with Crippen molar-refractivity contribution in [2.75, 3.05) is 12.3 Å². The summed E-state index contributed by atoms with van der Waals surface area (Å²) in [5, 5.41) is 6.52. The lowest BCUT2D eigenvalue weighted by Crippen LogP contribution is -2.47. The van der Waals surface area contributed by atoms with Gasteiger partial charge in [-0.05, 0) is 25.0 Å². The van der Waals surface area contributed by atoms with Crippen molar-refractivity contribution in [2.45, 2.75) is 25.8 Å². The maximum atomic E-state index is 12.4. The number of nitrogen functional groups attached to an aromatic ring is 1. The second-order valence-corrected chi connectivity index (χ2v) is 6.17. The summed E-state index contributed by atoms with van der Waals surface area (Å²) in [5.41, 5.74) is 7.60. The van der Waals surface area contributed by atoms with E-state index in [4.69, 9.17) is 5.73 Å². The summed E-state index contributed by atoms with van der Waals surface area (Å²) >= 11 is 1.30. The Morgan fingerprint density at radius 1 is 1.57 bits per heavy atom. The van der Waals surface area contributed by atoms with E-state index in [9.17, 15) is 9.59 Å². The summed E-state index contributed by atoms with van der Waals surface area (Å²) in [4.78, 5) is 29.0. The molecule has 2 aromatic rings. The maximum absolute atomic E-state index is 12.4. The predicted molar refractivity (Wildman–Crippen MR) is 82.3 cm³/mol. The fraction of sp³-hybridized carbons (Fsp3) is 0.357. The van der Waals surface area contributed by atoms with Gasteiger partial charge in [-0.3, -0.25) is 9.59 Å². The molecular weight excluding hydrogens is 288 g/mol. The van der Waals surface area contributed by atoms with Crippen molar-refractivity contribution in [3.8, 4) is 0 Å². The van der Waals surface area contributed by atoms with Gasteiger partial charge in [0.05, 0.1) is 5.69 Å². The van der Waals surface area contributed by atoms with E-state index in [0.717, 1.165) is 15.8 Å². The van der Waals surface area contributed by atoms with Gasteiger partial charge in [-0.1, -0.05) is 0 Å². The molecule has 4 N–H and O–H groups in total. The zero-order chi connectivity index (χ0) is 15.0. The highest BCUT2D eigenvalue weighted by molar-refractivity contribution is 7.21. The van der Waals surface area contributed by atoms with E-state index in [-0.39, 0.29) is 17.9 Å². The third kappa shape index (κ3) is 2.56. The van der Waals surface area contributed by atoms with E-state index in [1.807, 2.05) is 13.0 Å². The molecule has 110 valence electrons. The zero-order valence-corrected chi connectivity index (χ0v) is 12.4. The Labute approximate surface area is 125 Å². The van der Waals surface area contributed by atoms with Gasteiger partial charge in [-0.15, -0.1) is 11.3 Å². The van der Waals surface area contributed by atoms with Gasteiger partial charge in [0, 0.05) is 30.6 Å². The summed E-state index contributed by atoms with van der Waals surface area (Å²) < 4.78 is 0. The maximum Gasteiger partial charge on any atom is 0.263 e. The molecule has 1 atom stereocenters. The topological polar surface area (TPSA) is 97.1 Å². The average Bonchev–Trinajstić information content (AvgIpc) is 2.80. The van der Waals surface area contributed by atoms with Crippen molar-refractivity contribution in [3.05, 3.63) is 22.7 Å². The van der Waals surface area contributed by atoms with E-state index in [1.165, 1.54) is 11.3 Å². The number of aromatic nitrogens is 1. The van der Waals surface area contributed by atoms with Crippen molar-refractivity contribution in [3.63, 3.8) is 0 Å². The molecule has 0 bridgehead atoms. The minimum atomic E-state index is -0.198. The molecular formula is C14H16N4O2S. The normalized spacial score (nSPS) is 18.5. The number of carbonyl (C=O) groups excluding carboxylic acids is 2. The number of rotatable bonds is 2. The smallest absolute Gasteiger partial charge is 0.263 e. The number of aryl methyl sites for hydroxylation is 1. The molecule has 0 saturated carbocycles. The van der Waals surface area contributed by atoms with Crippen LogP contribution in [0.3, 0.4) is 0 Å². The van der Waals surface area contributed by atoms with Gasteiger partial charge >= 0.3 is 0 Å². The Balaban J connectivity index is 1.83. The average molecular weight is 304 g/mol. The van der Waals surface area contributed by atoms with Gasteiger partial charge in [0.2, 0.25) is 5.91 Å². The number of fused-ring (bicyclic) bond motifs is 1. The van der Waals surface area contributed by atoms with E-state index < -0.39 is 0 Å². The van der Waals surface area contributed by atoms with Crippen LogP contribution in [0.25, 0.3) is 10.2 Å². The number of hydrogen-bond donors (Lipinski definition) is 3. The van der Waals surface area contributed by atoms with Crippen LogP contribution in [0.15, 0.2) is 12.3 Å². The molecule has 6 nitrogen and oxygen atoms in total. The standard InChI is InChI=1S/C14H16N4O2S/c1-7-4-5-16-14-10(7)11(15)12(21-14)13(20)18-8-2-3-9(19)17-6-8/h4-5,8H,2-3,6,15H2,1H3,(H,17,19)(H,18,20). The van der Waals surface area contributed by atoms with Crippen molar-refractivity contribution in [1.29, 1.82) is 0 Å². The molecule has 0 aliphatic carbocycles. The SMILES string of the molecule is Cc1ccnc2sc(C(=O)NC3CCC(=O)NC3)c(N)c12. The number of hydrogen-bond acceptors (Lipinski definition) is 5. The van der Waals surface area contributed by atoms with Crippen LogP contribution < -0.4 is 16.4 Å². The van der Waals surface area contributed by atoms with Crippen LogP contribution >= 0.6 is 11.3 Å². The van der Waals surface area contributed by atoms with Crippen molar-refractivity contribution in [1.82, 2.24) is 15.6 Å². The molecule has 1 saturated heterocycles. The molecule has 1 aliphatic heterocycles. The second-order valence-electron chi connectivity index (χ2n) is 5.17. The van der Waals surface area contributed by atoms with Crippen LogP contribution in [0.1, 0.15) is 28.1 Å². The van der Waals surface area contributed by atoms with Crippen LogP contribution in [-0.2, 0) is 4.79 Å². The zero-order valence-electron chi connectivity index (χ0n) is 11.6. The van der Waals surface area contributed by atoms with Gasteiger partial charge in [0.15, 0.2) is 0 Å². The first-order chi connectivity index (χ1) is 10.1. The number of anilines is 1. The largest absolute Gasteiger partial charge is 0.397 e. The number of carbonyl (C=O) groups is 2. The highest BCUT2D eigenvalue weighted by Crippen LogP contribution is 2.34. The molecule has 0 radical (unpaired) electrons. The van der Waals surface area contributed by atoms with Crippen LogP contribution in [0.5, 0.6) is 0 Å². The van der Waals surface area contributed by atoms with Gasteiger partial charge < -0.3 is 16.4 Å². The molecule has 3 rings (SSSR count). The Bertz CT molecular complexity index is 715. The van der Waals surface area contributed by atoms with E-state index in [0.29, 0.717) is 30.0 Å². The van der Waals surface area contributed by atoms with E-state index in [2.05, 4.69) is 15.6 Å². The lowest BCUT2D eigenvalue weighted by atomic mass is 10.1.